The lowest BCUT2D eigenvalue weighted by Crippen LogP contribution is -2.54. The highest BCUT2D eigenvalue weighted by molar-refractivity contribution is 6.11. The minimum absolute atomic E-state index is 0.0138. The highest BCUT2D eigenvalue weighted by atomic mass is 16.2. The second kappa shape index (κ2) is 5.22. The summed E-state index contributed by atoms with van der Waals surface area (Å²) in [7, 11) is 0. The summed E-state index contributed by atoms with van der Waals surface area (Å²) in [4.78, 5) is 41.3. The first-order valence-electron chi connectivity index (χ1n) is 8.03. The quantitative estimate of drug-likeness (QED) is 0.663. The number of imide groups is 1. The van der Waals surface area contributed by atoms with Gasteiger partial charge in [0.25, 0.3) is 5.91 Å². The highest BCUT2D eigenvalue weighted by Gasteiger charge is 2.56. The minimum Gasteiger partial charge on any atom is -0.359 e. The molecule has 1 saturated carbocycles. The molecule has 3 amide bonds. The number of hydrogen-bond acceptors (Lipinski definition) is 3. The van der Waals surface area contributed by atoms with E-state index in [4.69, 9.17) is 0 Å². The molecule has 1 aliphatic carbocycles. The molecule has 6 heteroatoms. The van der Waals surface area contributed by atoms with Crippen LogP contribution >= 0.6 is 0 Å². The molecule has 2 fully saturated rings. The SMILES string of the molecule is C[C@H]1CC(C)(C)C[C@@]2(C1)NC(=O)N(CC(=O)c1ccc[nH]1)C2=O. The second-order valence-corrected chi connectivity index (χ2v) is 7.76. The van der Waals surface area contributed by atoms with Crippen LogP contribution in [0.25, 0.3) is 0 Å². The summed E-state index contributed by atoms with van der Waals surface area (Å²) in [5.41, 5.74) is -0.460. The molecule has 0 unspecified atom stereocenters. The van der Waals surface area contributed by atoms with Gasteiger partial charge in [0.05, 0.1) is 12.2 Å². The minimum atomic E-state index is -0.853. The second-order valence-electron chi connectivity index (χ2n) is 7.76. The number of nitrogens with zero attached hydrogens (tertiary/aromatic N) is 1. The Labute approximate surface area is 135 Å². The Balaban J connectivity index is 1.81. The lowest BCUT2D eigenvalue weighted by molar-refractivity contribution is -0.134. The van der Waals surface area contributed by atoms with Crippen molar-refractivity contribution in [1.82, 2.24) is 15.2 Å². The normalized spacial score (nSPS) is 29.9. The van der Waals surface area contributed by atoms with Crippen LogP contribution in [0.15, 0.2) is 18.3 Å². The molecule has 2 N–H and O–H groups in total. The summed E-state index contributed by atoms with van der Waals surface area (Å²) in [6, 6.07) is 2.90. The first kappa shape index (κ1) is 15.8. The van der Waals surface area contributed by atoms with Crippen LogP contribution < -0.4 is 5.32 Å². The van der Waals surface area contributed by atoms with Crippen LogP contribution in [-0.2, 0) is 4.79 Å². The van der Waals surface area contributed by atoms with Crippen molar-refractivity contribution in [2.45, 2.75) is 45.6 Å². The predicted octanol–water partition coefficient (Wildman–Crippen LogP) is 2.33. The average Bonchev–Trinajstić information content (AvgIpc) is 3.00. The largest absolute Gasteiger partial charge is 0.359 e. The van der Waals surface area contributed by atoms with Gasteiger partial charge in [-0.25, -0.2) is 4.79 Å². The third kappa shape index (κ3) is 2.78. The molecule has 1 saturated heterocycles. The summed E-state index contributed by atoms with van der Waals surface area (Å²) in [5, 5.41) is 2.88. The molecule has 6 nitrogen and oxygen atoms in total. The number of Topliss-reactive ketones (excluding diaryl/α,β-unsaturated/α-hetero) is 1. The first-order valence-corrected chi connectivity index (χ1v) is 8.03. The molecular formula is C17H23N3O3. The van der Waals surface area contributed by atoms with Crippen molar-refractivity contribution in [3.8, 4) is 0 Å². The summed E-state index contributed by atoms with van der Waals surface area (Å²) < 4.78 is 0. The van der Waals surface area contributed by atoms with Gasteiger partial charge >= 0.3 is 6.03 Å². The number of amides is 3. The molecule has 23 heavy (non-hydrogen) atoms. The van der Waals surface area contributed by atoms with Gasteiger partial charge in [-0.2, -0.15) is 0 Å². The predicted molar refractivity (Wildman–Crippen MR) is 84.9 cm³/mol. The standard InChI is InChI=1S/C17H23N3O3/c1-11-7-16(2,3)10-17(8-11)14(22)20(15(23)19-17)9-13(21)12-5-4-6-18-12/h4-6,11,18H,7-10H2,1-3H3,(H,19,23)/t11-,17+/m0/s1. The average molecular weight is 317 g/mol. The molecule has 2 aliphatic rings. The van der Waals surface area contributed by atoms with E-state index in [1.165, 1.54) is 0 Å². The fourth-order valence-electron chi connectivity index (χ4n) is 4.38. The topological polar surface area (TPSA) is 82.3 Å². The van der Waals surface area contributed by atoms with Crippen molar-refractivity contribution in [2.24, 2.45) is 11.3 Å². The van der Waals surface area contributed by atoms with E-state index in [0.717, 1.165) is 11.3 Å². The third-order valence-corrected chi connectivity index (χ3v) is 4.82. The van der Waals surface area contributed by atoms with E-state index in [0.29, 0.717) is 24.5 Å². The van der Waals surface area contributed by atoms with E-state index < -0.39 is 11.6 Å². The van der Waals surface area contributed by atoms with Gasteiger partial charge in [0, 0.05) is 6.20 Å². The van der Waals surface area contributed by atoms with E-state index in [1.807, 2.05) is 0 Å². The van der Waals surface area contributed by atoms with Crippen LogP contribution in [0.5, 0.6) is 0 Å². The van der Waals surface area contributed by atoms with E-state index in [9.17, 15) is 14.4 Å². The number of urea groups is 1. The Morgan fingerprint density at radius 3 is 2.70 bits per heavy atom. The van der Waals surface area contributed by atoms with E-state index >= 15 is 0 Å². The van der Waals surface area contributed by atoms with Crippen LogP contribution in [0.4, 0.5) is 4.79 Å². The van der Waals surface area contributed by atoms with Crippen molar-refractivity contribution in [3.63, 3.8) is 0 Å². The Morgan fingerprint density at radius 2 is 2.09 bits per heavy atom. The van der Waals surface area contributed by atoms with Crippen molar-refractivity contribution in [3.05, 3.63) is 24.0 Å². The lowest BCUT2D eigenvalue weighted by Gasteiger charge is -2.43. The van der Waals surface area contributed by atoms with E-state index in [1.54, 1.807) is 18.3 Å². The van der Waals surface area contributed by atoms with Crippen LogP contribution in [0.3, 0.4) is 0 Å². The molecule has 0 aromatic carbocycles. The summed E-state index contributed by atoms with van der Waals surface area (Å²) in [5.74, 6) is -0.178. The maximum atomic E-state index is 12.9. The van der Waals surface area contributed by atoms with Crippen molar-refractivity contribution in [1.29, 1.82) is 0 Å². The molecule has 0 bridgehead atoms. The molecule has 0 radical (unpaired) electrons. The molecular weight excluding hydrogens is 294 g/mol. The van der Waals surface area contributed by atoms with Gasteiger partial charge in [-0.05, 0) is 42.7 Å². The van der Waals surface area contributed by atoms with Crippen molar-refractivity contribution < 1.29 is 14.4 Å². The zero-order valence-electron chi connectivity index (χ0n) is 13.8. The van der Waals surface area contributed by atoms with Crippen molar-refractivity contribution >= 4 is 17.7 Å². The molecule has 2 heterocycles. The molecule has 1 aliphatic heterocycles. The molecule has 1 aromatic heterocycles. The number of nitrogens with one attached hydrogen (secondary N) is 2. The number of aromatic nitrogens is 1. The fraction of sp³-hybridized carbons (Fsp3) is 0.588. The number of aromatic amines is 1. The molecule has 124 valence electrons. The number of rotatable bonds is 3. The maximum absolute atomic E-state index is 12.9. The van der Waals surface area contributed by atoms with Crippen molar-refractivity contribution in [2.75, 3.05) is 6.54 Å². The molecule has 2 atom stereocenters. The van der Waals surface area contributed by atoms with Crippen LogP contribution in [0, 0.1) is 11.3 Å². The highest BCUT2D eigenvalue weighted by Crippen LogP contribution is 2.46. The molecule has 1 aromatic rings. The Morgan fingerprint density at radius 1 is 1.35 bits per heavy atom. The van der Waals surface area contributed by atoms with Gasteiger partial charge < -0.3 is 10.3 Å². The van der Waals surface area contributed by atoms with Gasteiger partial charge in [-0.1, -0.05) is 20.8 Å². The first-order chi connectivity index (χ1) is 10.7. The van der Waals surface area contributed by atoms with E-state index in [-0.39, 0.29) is 23.7 Å². The van der Waals surface area contributed by atoms with Gasteiger partial charge in [-0.3, -0.25) is 14.5 Å². The number of carbonyl (C=O) groups excluding carboxylic acids is 3. The fourth-order valence-corrected chi connectivity index (χ4v) is 4.38. The summed E-state index contributed by atoms with van der Waals surface area (Å²) >= 11 is 0. The lowest BCUT2D eigenvalue weighted by atomic mass is 9.64. The Kier molecular flexibility index (Phi) is 3.58. The van der Waals surface area contributed by atoms with Gasteiger partial charge in [0.2, 0.25) is 0 Å². The van der Waals surface area contributed by atoms with Crippen LogP contribution in [0.2, 0.25) is 0 Å². The van der Waals surface area contributed by atoms with E-state index in [2.05, 4.69) is 31.1 Å². The van der Waals surface area contributed by atoms with Gasteiger partial charge in [0.1, 0.15) is 5.54 Å². The number of H-pyrrole nitrogens is 1. The number of ketones is 1. The Bertz CT molecular complexity index is 650. The smallest absolute Gasteiger partial charge is 0.325 e. The molecule has 1 spiro atoms. The van der Waals surface area contributed by atoms with Gasteiger partial charge in [-0.15, -0.1) is 0 Å². The maximum Gasteiger partial charge on any atom is 0.325 e. The summed E-state index contributed by atoms with van der Waals surface area (Å²) in [6.07, 6.45) is 3.92. The van der Waals surface area contributed by atoms with Gasteiger partial charge in [0.15, 0.2) is 5.78 Å². The summed E-state index contributed by atoms with van der Waals surface area (Å²) in [6.45, 7) is 6.13. The number of carbonyl (C=O) groups is 3. The third-order valence-electron chi connectivity index (χ3n) is 4.82. The molecule has 3 rings (SSSR count). The monoisotopic (exact) mass is 317 g/mol. The van der Waals surface area contributed by atoms with Crippen LogP contribution in [-0.4, -0.2) is 39.7 Å². The zero-order chi connectivity index (χ0) is 16.8. The zero-order valence-corrected chi connectivity index (χ0v) is 13.8. The number of hydrogen-bond donors (Lipinski definition) is 2. The Hall–Kier alpha value is -2.11. The van der Waals surface area contributed by atoms with Crippen LogP contribution in [0.1, 0.15) is 50.5 Å².